The number of hydrogen-bond acceptors (Lipinski definition) is 2. The van der Waals surface area contributed by atoms with E-state index in [1.165, 1.54) is 0 Å². The lowest BCUT2D eigenvalue weighted by Crippen LogP contribution is -2.03. The minimum atomic E-state index is 0.389. The van der Waals surface area contributed by atoms with Gasteiger partial charge in [0.15, 0.2) is 0 Å². The van der Waals surface area contributed by atoms with E-state index in [1.54, 1.807) is 0 Å². The number of pyridine rings is 1. The zero-order valence-corrected chi connectivity index (χ0v) is 10.3. The molecule has 0 fully saturated rings. The zero-order chi connectivity index (χ0) is 11.7. The number of fused-ring (bicyclic) bond motifs is 1. The summed E-state index contributed by atoms with van der Waals surface area (Å²) in [5.41, 5.74) is 7.70. The van der Waals surface area contributed by atoms with E-state index in [4.69, 9.17) is 17.3 Å². The van der Waals surface area contributed by atoms with Gasteiger partial charge in [-0.3, -0.25) is 0 Å². The van der Waals surface area contributed by atoms with Crippen molar-refractivity contribution in [2.24, 2.45) is 5.73 Å². The minimum Gasteiger partial charge on any atom is -0.330 e. The Morgan fingerprint density at radius 1 is 1.50 bits per heavy atom. The van der Waals surface area contributed by atoms with Crippen molar-refractivity contribution in [1.82, 2.24) is 9.38 Å². The molecule has 0 aliphatic carbocycles. The monoisotopic (exact) mass is 237 g/mol. The van der Waals surface area contributed by atoms with E-state index in [-0.39, 0.29) is 0 Å². The summed E-state index contributed by atoms with van der Waals surface area (Å²) in [5, 5.41) is 0.737. The first kappa shape index (κ1) is 11.4. The highest BCUT2D eigenvalue weighted by atomic mass is 35.5. The van der Waals surface area contributed by atoms with Crippen molar-refractivity contribution in [3.63, 3.8) is 0 Å². The number of aromatic nitrogens is 2. The Morgan fingerprint density at radius 3 is 2.88 bits per heavy atom. The lowest BCUT2D eigenvalue weighted by atomic mass is 10.2. The van der Waals surface area contributed by atoms with Crippen LogP contribution in [0.4, 0.5) is 0 Å². The van der Waals surface area contributed by atoms with Gasteiger partial charge in [0.05, 0.1) is 11.2 Å². The first-order valence-electron chi connectivity index (χ1n) is 5.50. The highest BCUT2D eigenvalue weighted by Crippen LogP contribution is 2.22. The molecule has 2 rings (SSSR count). The van der Waals surface area contributed by atoms with Gasteiger partial charge in [-0.2, -0.15) is 0 Å². The molecule has 0 atom stereocenters. The summed E-state index contributed by atoms with van der Waals surface area (Å²) in [6.07, 6.45) is 2.76. The molecule has 2 aromatic rings. The van der Waals surface area contributed by atoms with Crippen molar-refractivity contribution in [3.05, 3.63) is 34.9 Å². The molecule has 0 saturated heterocycles. The van der Waals surface area contributed by atoms with E-state index in [9.17, 15) is 0 Å². The molecule has 2 aromatic heterocycles. The lowest BCUT2D eigenvalue weighted by Gasteiger charge is -2.03. The topological polar surface area (TPSA) is 43.3 Å². The molecule has 0 aliphatic heterocycles. The molecule has 0 aliphatic rings. The van der Waals surface area contributed by atoms with Crippen LogP contribution in [0.2, 0.25) is 5.02 Å². The summed E-state index contributed by atoms with van der Waals surface area (Å²) in [6.45, 7) is 4.88. The second-order valence-electron chi connectivity index (χ2n) is 4.21. The third-order valence-corrected chi connectivity index (χ3v) is 2.84. The second kappa shape index (κ2) is 4.44. The number of rotatable bonds is 3. The summed E-state index contributed by atoms with van der Waals surface area (Å²) < 4.78 is 2.10. The maximum atomic E-state index is 6.01. The first-order valence-corrected chi connectivity index (χ1v) is 5.87. The van der Waals surface area contributed by atoms with Gasteiger partial charge in [-0.25, -0.2) is 4.98 Å². The SMILES string of the molecule is CC(C)c1nc(CCN)c2cc(Cl)ccn12. The van der Waals surface area contributed by atoms with Crippen LogP contribution in [0.25, 0.3) is 5.52 Å². The summed E-state index contributed by atoms with van der Waals surface area (Å²) in [7, 11) is 0. The molecule has 0 aromatic carbocycles. The molecule has 0 saturated carbocycles. The highest BCUT2D eigenvalue weighted by molar-refractivity contribution is 6.30. The van der Waals surface area contributed by atoms with E-state index < -0.39 is 0 Å². The molecular formula is C12H16ClN3. The van der Waals surface area contributed by atoms with Crippen LogP contribution in [0.3, 0.4) is 0 Å². The van der Waals surface area contributed by atoms with Crippen molar-refractivity contribution < 1.29 is 0 Å². The molecule has 0 radical (unpaired) electrons. The molecule has 2 heterocycles. The van der Waals surface area contributed by atoms with Gasteiger partial charge < -0.3 is 10.1 Å². The Hall–Kier alpha value is -1.06. The van der Waals surface area contributed by atoms with Crippen molar-refractivity contribution in [1.29, 1.82) is 0 Å². The van der Waals surface area contributed by atoms with E-state index in [0.717, 1.165) is 28.5 Å². The Labute approximate surface area is 100 Å². The molecule has 0 bridgehead atoms. The van der Waals surface area contributed by atoms with Crippen molar-refractivity contribution in [3.8, 4) is 0 Å². The third kappa shape index (κ3) is 1.93. The average Bonchev–Trinajstić information content (AvgIpc) is 2.58. The minimum absolute atomic E-state index is 0.389. The third-order valence-electron chi connectivity index (χ3n) is 2.61. The molecule has 3 nitrogen and oxygen atoms in total. The fourth-order valence-corrected chi connectivity index (χ4v) is 2.03. The van der Waals surface area contributed by atoms with Crippen LogP contribution in [-0.4, -0.2) is 15.9 Å². The molecule has 4 heteroatoms. The van der Waals surface area contributed by atoms with Crippen molar-refractivity contribution >= 4 is 17.1 Å². The predicted molar refractivity (Wildman–Crippen MR) is 67.0 cm³/mol. The van der Waals surface area contributed by atoms with E-state index in [1.807, 2.05) is 18.3 Å². The summed E-state index contributed by atoms with van der Waals surface area (Å²) >= 11 is 6.01. The van der Waals surface area contributed by atoms with Gasteiger partial charge in [0.25, 0.3) is 0 Å². The standard InChI is InChI=1S/C12H16ClN3/c1-8(2)12-15-10(3-5-14)11-7-9(13)4-6-16(11)12/h4,6-8H,3,5,14H2,1-2H3. The molecule has 0 amide bonds. The van der Waals surface area contributed by atoms with Crippen LogP contribution >= 0.6 is 11.6 Å². The largest absolute Gasteiger partial charge is 0.330 e. The number of hydrogen-bond donors (Lipinski definition) is 1. The number of imidazole rings is 1. The normalized spacial score (nSPS) is 11.6. The average molecular weight is 238 g/mol. The van der Waals surface area contributed by atoms with Gasteiger partial charge in [-0.05, 0) is 18.7 Å². The fraction of sp³-hybridized carbons (Fsp3) is 0.417. The molecular weight excluding hydrogens is 222 g/mol. The molecule has 0 spiro atoms. The van der Waals surface area contributed by atoms with Crippen LogP contribution in [0.5, 0.6) is 0 Å². The Bertz CT molecular complexity index is 502. The van der Waals surface area contributed by atoms with Crippen LogP contribution in [-0.2, 0) is 6.42 Å². The Kier molecular flexibility index (Phi) is 3.17. The molecule has 86 valence electrons. The molecule has 16 heavy (non-hydrogen) atoms. The predicted octanol–water partition coefficient (Wildman–Crippen LogP) is 2.61. The van der Waals surface area contributed by atoms with E-state index in [2.05, 4.69) is 23.2 Å². The zero-order valence-electron chi connectivity index (χ0n) is 9.57. The second-order valence-corrected chi connectivity index (χ2v) is 4.65. The highest BCUT2D eigenvalue weighted by Gasteiger charge is 2.13. The Morgan fingerprint density at radius 2 is 2.25 bits per heavy atom. The van der Waals surface area contributed by atoms with Crippen molar-refractivity contribution in [2.45, 2.75) is 26.2 Å². The van der Waals surface area contributed by atoms with Gasteiger partial charge >= 0.3 is 0 Å². The van der Waals surface area contributed by atoms with Crippen LogP contribution in [0.1, 0.15) is 31.3 Å². The molecule has 0 unspecified atom stereocenters. The summed E-state index contributed by atoms with van der Waals surface area (Å²) in [4.78, 5) is 4.64. The van der Waals surface area contributed by atoms with Crippen LogP contribution < -0.4 is 5.73 Å². The van der Waals surface area contributed by atoms with Crippen molar-refractivity contribution in [2.75, 3.05) is 6.54 Å². The first-order chi connectivity index (χ1) is 7.63. The Balaban J connectivity index is 2.66. The number of halogens is 1. The van der Waals surface area contributed by atoms with Gasteiger partial charge in [0.1, 0.15) is 5.82 Å². The maximum absolute atomic E-state index is 6.01. The lowest BCUT2D eigenvalue weighted by molar-refractivity contribution is 0.764. The van der Waals surface area contributed by atoms with E-state index in [0.29, 0.717) is 12.5 Å². The van der Waals surface area contributed by atoms with E-state index >= 15 is 0 Å². The quantitative estimate of drug-likeness (QED) is 0.892. The smallest absolute Gasteiger partial charge is 0.116 e. The van der Waals surface area contributed by atoms with Gasteiger partial charge in [-0.15, -0.1) is 0 Å². The van der Waals surface area contributed by atoms with Crippen LogP contribution in [0, 0.1) is 0 Å². The van der Waals surface area contributed by atoms with Crippen LogP contribution in [0.15, 0.2) is 18.3 Å². The number of nitrogens with two attached hydrogens (primary N) is 1. The van der Waals surface area contributed by atoms with Gasteiger partial charge in [0.2, 0.25) is 0 Å². The number of nitrogens with zero attached hydrogens (tertiary/aromatic N) is 2. The summed E-state index contributed by atoms with van der Waals surface area (Å²) in [6, 6.07) is 3.83. The fourth-order valence-electron chi connectivity index (χ4n) is 1.87. The maximum Gasteiger partial charge on any atom is 0.116 e. The van der Waals surface area contributed by atoms with Gasteiger partial charge in [0, 0.05) is 23.6 Å². The summed E-state index contributed by atoms with van der Waals surface area (Å²) in [5.74, 6) is 1.45. The van der Waals surface area contributed by atoms with Gasteiger partial charge in [-0.1, -0.05) is 25.4 Å². The molecule has 2 N–H and O–H groups in total.